The number of carboxylic acids is 1. The fourth-order valence-corrected chi connectivity index (χ4v) is 1.67. The van der Waals surface area contributed by atoms with Gasteiger partial charge in [-0.05, 0) is 30.7 Å². The molecule has 4 heteroatoms. The number of rotatable bonds is 6. The SMILES string of the molecule is CCN(CCC(=O)O)Cc1ccc(F)c(C)c1. The number of benzene rings is 1. The van der Waals surface area contributed by atoms with Gasteiger partial charge in [0.15, 0.2) is 0 Å². The molecule has 0 aromatic heterocycles. The molecule has 3 nitrogen and oxygen atoms in total. The first-order valence-electron chi connectivity index (χ1n) is 5.72. The van der Waals surface area contributed by atoms with Crippen LogP contribution in [0.3, 0.4) is 0 Å². The molecule has 1 aromatic carbocycles. The van der Waals surface area contributed by atoms with Crippen LogP contribution in [0, 0.1) is 12.7 Å². The van der Waals surface area contributed by atoms with Gasteiger partial charge in [-0.15, -0.1) is 0 Å². The minimum absolute atomic E-state index is 0.133. The van der Waals surface area contributed by atoms with Crippen molar-refractivity contribution < 1.29 is 14.3 Å². The van der Waals surface area contributed by atoms with Crippen molar-refractivity contribution in [2.45, 2.75) is 26.8 Å². The monoisotopic (exact) mass is 239 g/mol. The molecule has 0 unspecified atom stereocenters. The molecule has 1 N–H and O–H groups in total. The summed E-state index contributed by atoms with van der Waals surface area (Å²) in [5.74, 6) is -0.999. The van der Waals surface area contributed by atoms with Gasteiger partial charge in [-0.3, -0.25) is 9.69 Å². The summed E-state index contributed by atoms with van der Waals surface area (Å²) in [7, 11) is 0. The fraction of sp³-hybridized carbons (Fsp3) is 0.462. The lowest BCUT2D eigenvalue weighted by Gasteiger charge is -2.19. The maximum absolute atomic E-state index is 13.1. The summed E-state index contributed by atoms with van der Waals surface area (Å²) in [4.78, 5) is 12.5. The Morgan fingerprint density at radius 3 is 2.71 bits per heavy atom. The molecule has 0 heterocycles. The van der Waals surface area contributed by atoms with E-state index in [9.17, 15) is 9.18 Å². The highest BCUT2D eigenvalue weighted by Gasteiger charge is 2.07. The number of hydrogen-bond donors (Lipinski definition) is 1. The Morgan fingerprint density at radius 2 is 2.18 bits per heavy atom. The van der Waals surface area contributed by atoms with Crippen LogP contribution in [-0.4, -0.2) is 29.1 Å². The van der Waals surface area contributed by atoms with E-state index in [0.717, 1.165) is 12.1 Å². The van der Waals surface area contributed by atoms with E-state index >= 15 is 0 Å². The van der Waals surface area contributed by atoms with Crippen LogP contribution in [0.1, 0.15) is 24.5 Å². The van der Waals surface area contributed by atoms with E-state index in [4.69, 9.17) is 5.11 Å². The third kappa shape index (κ3) is 4.53. The van der Waals surface area contributed by atoms with Gasteiger partial charge in [-0.25, -0.2) is 4.39 Å². The second-order valence-corrected chi connectivity index (χ2v) is 4.10. The second-order valence-electron chi connectivity index (χ2n) is 4.10. The third-order valence-corrected chi connectivity index (χ3v) is 2.72. The Morgan fingerprint density at radius 1 is 1.47 bits per heavy atom. The number of hydrogen-bond acceptors (Lipinski definition) is 2. The zero-order chi connectivity index (χ0) is 12.8. The Hall–Kier alpha value is -1.42. The molecule has 17 heavy (non-hydrogen) atoms. The quantitative estimate of drug-likeness (QED) is 0.828. The summed E-state index contributed by atoms with van der Waals surface area (Å²) in [6.07, 6.45) is 0.133. The van der Waals surface area contributed by atoms with Crippen LogP contribution in [0.5, 0.6) is 0 Å². The zero-order valence-corrected chi connectivity index (χ0v) is 10.2. The largest absolute Gasteiger partial charge is 0.481 e. The molecule has 0 aliphatic rings. The molecule has 94 valence electrons. The van der Waals surface area contributed by atoms with E-state index in [1.165, 1.54) is 6.07 Å². The van der Waals surface area contributed by atoms with Gasteiger partial charge < -0.3 is 5.11 Å². The van der Waals surface area contributed by atoms with E-state index in [2.05, 4.69) is 0 Å². The van der Waals surface area contributed by atoms with Gasteiger partial charge in [0, 0.05) is 13.1 Å². The summed E-state index contributed by atoms with van der Waals surface area (Å²) >= 11 is 0. The van der Waals surface area contributed by atoms with Crippen LogP contribution in [0.4, 0.5) is 4.39 Å². The number of aliphatic carboxylic acids is 1. The van der Waals surface area contributed by atoms with Crippen molar-refractivity contribution in [1.29, 1.82) is 0 Å². The maximum atomic E-state index is 13.1. The van der Waals surface area contributed by atoms with E-state index in [1.807, 2.05) is 11.8 Å². The first kappa shape index (κ1) is 13.6. The van der Waals surface area contributed by atoms with Crippen molar-refractivity contribution in [3.05, 3.63) is 35.1 Å². The molecule has 0 amide bonds. The maximum Gasteiger partial charge on any atom is 0.304 e. The lowest BCUT2D eigenvalue weighted by Crippen LogP contribution is -2.25. The van der Waals surface area contributed by atoms with E-state index in [0.29, 0.717) is 18.7 Å². The summed E-state index contributed by atoms with van der Waals surface area (Å²) in [5.41, 5.74) is 1.63. The summed E-state index contributed by atoms with van der Waals surface area (Å²) in [5, 5.41) is 8.63. The third-order valence-electron chi connectivity index (χ3n) is 2.72. The molecule has 0 atom stereocenters. The molecule has 0 saturated heterocycles. The highest BCUT2D eigenvalue weighted by Crippen LogP contribution is 2.11. The lowest BCUT2D eigenvalue weighted by molar-refractivity contribution is -0.137. The first-order valence-corrected chi connectivity index (χ1v) is 5.72. The number of halogens is 1. The number of aryl methyl sites for hydroxylation is 1. The van der Waals surface area contributed by atoms with E-state index in [1.54, 1.807) is 19.1 Å². The predicted octanol–water partition coefficient (Wildman–Crippen LogP) is 2.43. The minimum atomic E-state index is -0.793. The van der Waals surface area contributed by atoms with Crippen LogP contribution in [0.2, 0.25) is 0 Å². The Bertz CT molecular complexity index is 393. The predicted molar refractivity (Wildman–Crippen MR) is 64.3 cm³/mol. The zero-order valence-electron chi connectivity index (χ0n) is 10.2. The topological polar surface area (TPSA) is 40.5 Å². The Kier molecular flexibility index (Phi) is 5.10. The van der Waals surface area contributed by atoms with Crippen LogP contribution < -0.4 is 0 Å². The fourth-order valence-electron chi connectivity index (χ4n) is 1.67. The van der Waals surface area contributed by atoms with Crippen LogP contribution in [0.15, 0.2) is 18.2 Å². The van der Waals surface area contributed by atoms with Gasteiger partial charge in [0.2, 0.25) is 0 Å². The van der Waals surface area contributed by atoms with Gasteiger partial charge in [-0.2, -0.15) is 0 Å². The molecule has 0 bridgehead atoms. The molecule has 0 spiro atoms. The molecule has 0 saturated carbocycles. The van der Waals surface area contributed by atoms with Gasteiger partial charge in [0.25, 0.3) is 0 Å². The summed E-state index contributed by atoms with van der Waals surface area (Å²) in [6, 6.07) is 5.00. The van der Waals surface area contributed by atoms with Crippen molar-refractivity contribution in [3.8, 4) is 0 Å². The number of carbonyl (C=O) groups is 1. The van der Waals surface area contributed by atoms with Crippen molar-refractivity contribution in [3.63, 3.8) is 0 Å². The molecule has 0 aliphatic heterocycles. The molecule has 0 radical (unpaired) electrons. The molecule has 1 aromatic rings. The van der Waals surface area contributed by atoms with Crippen molar-refractivity contribution in [2.75, 3.05) is 13.1 Å². The van der Waals surface area contributed by atoms with Crippen LogP contribution in [0.25, 0.3) is 0 Å². The smallest absolute Gasteiger partial charge is 0.304 e. The lowest BCUT2D eigenvalue weighted by atomic mass is 10.1. The first-order chi connectivity index (χ1) is 8.02. The Labute approximate surface area is 101 Å². The molecular formula is C13H18FNO2. The number of nitrogens with zero attached hydrogens (tertiary/aromatic N) is 1. The van der Waals surface area contributed by atoms with Crippen LogP contribution in [-0.2, 0) is 11.3 Å². The summed E-state index contributed by atoms with van der Waals surface area (Å²) in [6.45, 7) is 5.67. The van der Waals surface area contributed by atoms with Crippen molar-refractivity contribution >= 4 is 5.97 Å². The van der Waals surface area contributed by atoms with E-state index < -0.39 is 5.97 Å². The Balaban J connectivity index is 2.60. The molecular weight excluding hydrogens is 221 g/mol. The average molecular weight is 239 g/mol. The van der Waals surface area contributed by atoms with Gasteiger partial charge in [0.1, 0.15) is 5.82 Å². The minimum Gasteiger partial charge on any atom is -0.481 e. The van der Waals surface area contributed by atoms with Gasteiger partial charge >= 0.3 is 5.97 Å². The van der Waals surface area contributed by atoms with Gasteiger partial charge in [-0.1, -0.05) is 19.1 Å². The normalized spacial score (nSPS) is 10.8. The summed E-state index contributed by atoms with van der Waals surface area (Å²) < 4.78 is 13.1. The highest BCUT2D eigenvalue weighted by atomic mass is 19.1. The molecule has 1 rings (SSSR count). The standard InChI is InChI=1S/C13H18FNO2/c1-3-15(7-6-13(16)17)9-11-4-5-12(14)10(2)8-11/h4-5,8H,3,6-7,9H2,1-2H3,(H,16,17). The second kappa shape index (κ2) is 6.35. The van der Waals surface area contributed by atoms with Crippen LogP contribution >= 0.6 is 0 Å². The highest BCUT2D eigenvalue weighted by molar-refractivity contribution is 5.66. The molecule has 0 aliphatic carbocycles. The molecule has 0 fully saturated rings. The number of carboxylic acid groups (broad SMARTS) is 1. The van der Waals surface area contributed by atoms with Crippen molar-refractivity contribution in [2.24, 2.45) is 0 Å². The average Bonchev–Trinajstić information content (AvgIpc) is 2.28. The van der Waals surface area contributed by atoms with Crippen molar-refractivity contribution in [1.82, 2.24) is 4.90 Å². The van der Waals surface area contributed by atoms with E-state index in [-0.39, 0.29) is 12.2 Å². The van der Waals surface area contributed by atoms with Gasteiger partial charge in [0.05, 0.1) is 6.42 Å².